The van der Waals surface area contributed by atoms with E-state index in [1.165, 1.54) is 12.1 Å². The number of amides is 1. The number of hydrogen-bond acceptors (Lipinski definition) is 2. The molecule has 0 atom stereocenters. The highest BCUT2D eigenvalue weighted by Gasteiger charge is 2.16. The number of fused-ring (bicyclic) bond motifs is 1. The quantitative estimate of drug-likeness (QED) is 0.734. The Labute approximate surface area is 134 Å². The molecule has 0 saturated carbocycles. The Kier molecular flexibility index (Phi) is 4.06. The molecule has 0 fully saturated rings. The van der Waals surface area contributed by atoms with Gasteiger partial charge in [-0.25, -0.2) is 4.39 Å². The van der Waals surface area contributed by atoms with Crippen molar-refractivity contribution in [2.24, 2.45) is 0 Å². The van der Waals surface area contributed by atoms with Crippen molar-refractivity contribution in [3.05, 3.63) is 77.2 Å². The summed E-state index contributed by atoms with van der Waals surface area (Å²) in [5, 5.41) is 0.632. The van der Waals surface area contributed by atoms with E-state index in [2.05, 4.69) is 4.98 Å². The fourth-order valence-electron chi connectivity index (χ4n) is 2.59. The zero-order valence-corrected chi connectivity index (χ0v) is 13.1. The lowest BCUT2D eigenvalue weighted by atomic mass is 10.1. The van der Waals surface area contributed by atoms with Crippen LogP contribution < -0.4 is 0 Å². The average Bonchev–Trinajstić information content (AvgIpc) is 2.55. The molecule has 23 heavy (non-hydrogen) atoms. The Hall–Kier alpha value is -2.75. The van der Waals surface area contributed by atoms with Crippen molar-refractivity contribution in [3.8, 4) is 0 Å². The van der Waals surface area contributed by atoms with Crippen LogP contribution in [0, 0.1) is 12.7 Å². The summed E-state index contributed by atoms with van der Waals surface area (Å²) in [5.74, 6) is -0.454. The Balaban J connectivity index is 1.92. The van der Waals surface area contributed by atoms with Crippen LogP contribution in [0.1, 0.15) is 21.6 Å². The SMILES string of the molecule is Cc1nc2ccc(F)cc2cc1C(=O)N(C)Cc1ccccc1. The number of carbonyl (C=O) groups excluding carboxylic acids is 1. The van der Waals surface area contributed by atoms with Crippen LogP contribution in [0.15, 0.2) is 54.6 Å². The van der Waals surface area contributed by atoms with Gasteiger partial charge in [0.1, 0.15) is 5.82 Å². The van der Waals surface area contributed by atoms with Crippen LogP contribution in [0.2, 0.25) is 0 Å². The molecule has 0 unspecified atom stereocenters. The van der Waals surface area contributed by atoms with E-state index >= 15 is 0 Å². The maximum Gasteiger partial charge on any atom is 0.255 e. The highest BCUT2D eigenvalue weighted by molar-refractivity contribution is 5.98. The maximum atomic E-state index is 13.4. The minimum Gasteiger partial charge on any atom is -0.337 e. The molecule has 3 nitrogen and oxygen atoms in total. The van der Waals surface area contributed by atoms with E-state index in [-0.39, 0.29) is 11.7 Å². The number of halogens is 1. The first-order valence-electron chi connectivity index (χ1n) is 7.41. The second-order valence-corrected chi connectivity index (χ2v) is 5.61. The van der Waals surface area contributed by atoms with E-state index in [9.17, 15) is 9.18 Å². The largest absolute Gasteiger partial charge is 0.337 e. The van der Waals surface area contributed by atoms with Gasteiger partial charge < -0.3 is 4.90 Å². The van der Waals surface area contributed by atoms with Crippen LogP contribution in [0.4, 0.5) is 4.39 Å². The van der Waals surface area contributed by atoms with Crippen LogP contribution in [0.3, 0.4) is 0 Å². The van der Waals surface area contributed by atoms with E-state index in [1.807, 2.05) is 30.3 Å². The third-order valence-electron chi connectivity index (χ3n) is 3.81. The van der Waals surface area contributed by atoms with Crippen molar-refractivity contribution in [1.29, 1.82) is 0 Å². The van der Waals surface area contributed by atoms with Gasteiger partial charge in [0.05, 0.1) is 16.8 Å². The van der Waals surface area contributed by atoms with Crippen molar-refractivity contribution in [1.82, 2.24) is 9.88 Å². The third-order valence-corrected chi connectivity index (χ3v) is 3.81. The van der Waals surface area contributed by atoms with Gasteiger partial charge in [-0.2, -0.15) is 0 Å². The minimum atomic E-state index is -0.334. The number of benzene rings is 2. The monoisotopic (exact) mass is 308 g/mol. The molecule has 1 amide bonds. The lowest BCUT2D eigenvalue weighted by Gasteiger charge is -2.18. The maximum absolute atomic E-state index is 13.4. The van der Waals surface area contributed by atoms with Crippen molar-refractivity contribution < 1.29 is 9.18 Å². The highest BCUT2D eigenvalue weighted by Crippen LogP contribution is 2.19. The molecule has 3 aromatic rings. The summed E-state index contributed by atoms with van der Waals surface area (Å²) in [7, 11) is 1.75. The van der Waals surface area contributed by atoms with Crippen LogP contribution in [0.5, 0.6) is 0 Å². The van der Waals surface area contributed by atoms with Crippen molar-refractivity contribution in [3.63, 3.8) is 0 Å². The Morgan fingerprint density at radius 1 is 1.13 bits per heavy atom. The van der Waals surface area contributed by atoms with E-state index in [0.29, 0.717) is 28.7 Å². The molecule has 2 aromatic carbocycles. The van der Waals surface area contributed by atoms with Crippen molar-refractivity contribution >= 4 is 16.8 Å². The molecule has 4 heteroatoms. The molecule has 0 radical (unpaired) electrons. The van der Waals surface area contributed by atoms with Gasteiger partial charge in [-0.15, -0.1) is 0 Å². The lowest BCUT2D eigenvalue weighted by molar-refractivity contribution is 0.0784. The molecule has 0 aliphatic carbocycles. The minimum absolute atomic E-state index is 0.120. The topological polar surface area (TPSA) is 33.2 Å². The highest BCUT2D eigenvalue weighted by atomic mass is 19.1. The van der Waals surface area contributed by atoms with E-state index in [4.69, 9.17) is 0 Å². The summed E-state index contributed by atoms with van der Waals surface area (Å²) in [5.41, 5.74) is 2.89. The van der Waals surface area contributed by atoms with Gasteiger partial charge in [-0.1, -0.05) is 30.3 Å². The Bertz CT molecular complexity index is 862. The van der Waals surface area contributed by atoms with Gasteiger partial charge in [0.2, 0.25) is 0 Å². The first-order chi connectivity index (χ1) is 11.0. The van der Waals surface area contributed by atoms with Crippen molar-refractivity contribution in [2.75, 3.05) is 7.05 Å². The van der Waals surface area contributed by atoms with E-state index in [0.717, 1.165) is 5.56 Å². The standard InChI is InChI=1S/C19H17FN2O/c1-13-17(11-15-10-16(20)8-9-18(15)21-13)19(23)22(2)12-14-6-4-3-5-7-14/h3-11H,12H2,1-2H3. The average molecular weight is 308 g/mol. The summed E-state index contributed by atoms with van der Waals surface area (Å²) >= 11 is 0. The first-order valence-corrected chi connectivity index (χ1v) is 7.41. The number of carbonyl (C=O) groups is 1. The summed E-state index contributed by atoms with van der Waals surface area (Å²) < 4.78 is 13.4. The third kappa shape index (κ3) is 3.21. The van der Waals surface area contributed by atoms with Gasteiger partial charge in [0.15, 0.2) is 0 Å². The lowest BCUT2D eigenvalue weighted by Crippen LogP contribution is -2.27. The molecule has 3 rings (SSSR count). The molecule has 0 spiro atoms. The predicted molar refractivity (Wildman–Crippen MR) is 88.7 cm³/mol. The molecule has 116 valence electrons. The number of aryl methyl sites for hydroxylation is 1. The smallest absolute Gasteiger partial charge is 0.255 e. The predicted octanol–water partition coefficient (Wildman–Crippen LogP) is 3.95. The van der Waals surface area contributed by atoms with Crippen LogP contribution in [-0.2, 0) is 6.54 Å². The van der Waals surface area contributed by atoms with Gasteiger partial charge in [-0.05, 0) is 36.8 Å². The molecular formula is C19H17FN2O. The molecule has 0 aliphatic rings. The molecular weight excluding hydrogens is 291 g/mol. The number of pyridine rings is 1. The van der Waals surface area contributed by atoms with Gasteiger partial charge in [0.25, 0.3) is 5.91 Å². The molecule has 0 bridgehead atoms. The molecule has 0 N–H and O–H groups in total. The zero-order valence-electron chi connectivity index (χ0n) is 13.1. The van der Waals surface area contributed by atoms with Crippen LogP contribution in [-0.4, -0.2) is 22.8 Å². The molecule has 1 aromatic heterocycles. The summed E-state index contributed by atoms with van der Waals surface area (Å²) in [6, 6.07) is 15.9. The molecule has 1 heterocycles. The van der Waals surface area contributed by atoms with Crippen molar-refractivity contribution in [2.45, 2.75) is 13.5 Å². The Morgan fingerprint density at radius 2 is 1.87 bits per heavy atom. The van der Waals surface area contributed by atoms with Gasteiger partial charge in [-0.3, -0.25) is 9.78 Å². The second-order valence-electron chi connectivity index (χ2n) is 5.61. The fourth-order valence-corrected chi connectivity index (χ4v) is 2.59. The van der Waals surface area contributed by atoms with Gasteiger partial charge in [0, 0.05) is 19.0 Å². The normalized spacial score (nSPS) is 10.7. The summed E-state index contributed by atoms with van der Waals surface area (Å²) in [6.07, 6.45) is 0. The van der Waals surface area contributed by atoms with Crippen LogP contribution in [0.25, 0.3) is 10.9 Å². The number of rotatable bonds is 3. The molecule has 0 aliphatic heterocycles. The number of hydrogen-bond donors (Lipinski definition) is 0. The number of aromatic nitrogens is 1. The first kappa shape index (κ1) is 15.2. The van der Waals surface area contributed by atoms with Crippen LogP contribution >= 0.6 is 0 Å². The van der Waals surface area contributed by atoms with E-state index in [1.54, 1.807) is 31.0 Å². The summed E-state index contributed by atoms with van der Waals surface area (Å²) in [6.45, 7) is 2.31. The second kappa shape index (κ2) is 6.16. The zero-order chi connectivity index (χ0) is 16.4. The van der Waals surface area contributed by atoms with E-state index < -0.39 is 0 Å². The number of nitrogens with zero attached hydrogens (tertiary/aromatic N) is 2. The summed E-state index contributed by atoms with van der Waals surface area (Å²) in [4.78, 5) is 18.7. The fraction of sp³-hybridized carbons (Fsp3) is 0.158. The molecule has 0 saturated heterocycles. The Morgan fingerprint density at radius 3 is 2.61 bits per heavy atom. The van der Waals surface area contributed by atoms with Gasteiger partial charge >= 0.3 is 0 Å².